The molecular weight excluding hydrogens is 514 g/mol. The zero-order valence-electron chi connectivity index (χ0n) is 21.6. The zero-order chi connectivity index (χ0) is 28.2. The van der Waals surface area contributed by atoms with E-state index in [4.69, 9.17) is 9.15 Å². The lowest BCUT2D eigenvalue weighted by Gasteiger charge is -2.11. The van der Waals surface area contributed by atoms with Gasteiger partial charge in [0.15, 0.2) is 17.3 Å². The zero-order valence-corrected chi connectivity index (χ0v) is 21.6. The van der Waals surface area contributed by atoms with Crippen LogP contribution in [0.25, 0.3) is 21.9 Å². The number of ketones is 2. The number of Topliss-reactive ketones (excluding diaryl/α,β-unsaturated/α-hetero) is 2. The summed E-state index contributed by atoms with van der Waals surface area (Å²) < 4.78 is 12.7. The van der Waals surface area contributed by atoms with Gasteiger partial charge in [-0.2, -0.15) is 0 Å². The van der Waals surface area contributed by atoms with Crippen LogP contribution in [0.1, 0.15) is 46.2 Å². The summed E-state index contributed by atoms with van der Waals surface area (Å²) in [4.78, 5) is 49.1. The number of aryl methyl sites for hydroxylation is 1. The lowest BCUT2D eigenvalue weighted by Crippen LogP contribution is -2.27. The van der Waals surface area contributed by atoms with Gasteiger partial charge in [-0.25, -0.2) is 4.68 Å². The van der Waals surface area contributed by atoms with Crippen LogP contribution in [-0.4, -0.2) is 37.6 Å². The summed E-state index contributed by atoms with van der Waals surface area (Å²) in [5.74, 6) is -2.12. The fourth-order valence-corrected chi connectivity index (χ4v) is 4.38. The largest absolute Gasteiger partial charge is 0.489 e. The summed E-state index contributed by atoms with van der Waals surface area (Å²) in [6.07, 6.45) is -0.294. The molecule has 0 amide bonds. The van der Waals surface area contributed by atoms with Gasteiger partial charge in [0.05, 0.1) is 11.3 Å². The van der Waals surface area contributed by atoms with Crippen molar-refractivity contribution in [1.82, 2.24) is 15.0 Å². The molecule has 0 aliphatic heterocycles. The Morgan fingerprint density at radius 2 is 1.85 bits per heavy atom. The molecule has 5 aromatic rings. The molecule has 0 saturated carbocycles. The Kier molecular flexibility index (Phi) is 7.50. The third-order valence-corrected chi connectivity index (χ3v) is 6.60. The average molecular weight is 540 g/mol. The first kappa shape index (κ1) is 26.5. The molecule has 0 aliphatic carbocycles. The number of nitrogens with zero attached hydrogens (tertiary/aromatic N) is 3. The van der Waals surface area contributed by atoms with Crippen LogP contribution < -0.4 is 10.3 Å². The summed E-state index contributed by atoms with van der Waals surface area (Å²) >= 11 is 0. The van der Waals surface area contributed by atoms with Crippen LogP contribution >= 0.6 is 0 Å². The van der Waals surface area contributed by atoms with Crippen LogP contribution in [0.5, 0.6) is 5.75 Å². The standard InChI is InChI=1S/C30H25N3O7/c1-18(34)20-6-4-5-19(13-20)17-39-23-9-10-27-22(14-23)16-28(40-27)26(35)15-21(30(37)38)11-12-33-29(36)24-7-2-3-8-25(24)31-32-33/h2-10,13-14,16,21H,11-12,15,17H2,1H3,(H,37,38). The highest BCUT2D eigenvalue weighted by molar-refractivity contribution is 5.99. The number of aromatic nitrogens is 3. The SMILES string of the molecule is CC(=O)c1cccc(COc2ccc3oc(C(=O)CC(CCn4nnc5ccccc5c4=O)C(=O)O)cc3c2)c1. The van der Waals surface area contributed by atoms with E-state index in [9.17, 15) is 24.3 Å². The number of carbonyl (C=O) groups is 3. The molecule has 5 rings (SSSR count). The van der Waals surface area contributed by atoms with Gasteiger partial charge >= 0.3 is 5.97 Å². The van der Waals surface area contributed by atoms with Crippen molar-refractivity contribution in [3.05, 3.63) is 100 Å². The average Bonchev–Trinajstić information content (AvgIpc) is 3.39. The van der Waals surface area contributed by atoms with Gasteiger partial charge in [-0.05, 0) is 61.4 Å². The van der Waals surface area contributed by atoms with E-state index in [1.165, 1.54) is 6.92 Å². The fraction of sp³-hybridized carbons (Fsp3) is 0.200. The number of benzene rings is 3. The van der Waals surface area contributed by atoms with Crippen LogP contribution in [-0.2, 0) is 17.9 Å². The monoisotopic (exact) mass is 539 g/mol. The topological polar surface area (TPSA) is 142 Å². The van der Waals surface area contributed by atoms with Gasteiger partial charge in [-0.1, -0.05) is 35.5 Å². The first-order valence-corrected chi connectivity index (χ1v) is 12.6. The van der Waals surface area contributed by atoms with Gasteiger partial charge in [-0.3, -0.25) is 19.2 Å². The third kappa shape index (κ3) is 5.80. The molecule has 0 radical (unpaired) electrons. The van der Waals surface area contributed by atoms with Gasteiger partial charge in [0, 0.05) is 23.9 Å². The molecule has 0 spiro atoms. The molecule has 1 N–H and O–H groups in total. The van der Waals surface area contributed by atoms with E-state index in [1.54, 1.807) is 66.7 Å². The van der Waals surface area contributed by atoms with Crippen molar-refractivity contribution in [2.75, 3.05) is 0 Å². The maximum absolute atomic E-state index is 13.0. The fourth-order valence-electron chi connectivity index (χ4n) is 4.38. The summed E-state index contributed by atoms with van der Waals surface area (Å²) in [7, 11) is 0. The van der Waals surface area contributed by atoms with Crippen molar-refractivity contribution in [3.63, 3.8) is 0 Å². The molecule has 202 valence electrons. The molecule has 40 heavy (non-hydrogen) atoms. The Labute approximate surface area is 227 Å². The Hall–Kier alpha value is -5.12. The number of carboxylic acids is 1. The first-order valence-electron chi connectivity index (χ1n) is 12.6. The van der Waals surface area contributed by atoms with E-state index in [2.05, 4.69) is 10.3 Å². The summed E-state index contributed by atoms with van der Waals surface area (Å²) in [5.41, 5.74) is 1.98. The quantitative estimate of drug-likeness (QED) is 0.237. The lowest BCUT2D eigenvalue weighted by atomic mass is 9.98. The number of hydrogen-bond donors (Lipinski definition) is 1. The first-order chi connectivity index (χ1) is 19.3. The maximum Gasteiger partial charge on any atom is 0.307 e. The van der Waals surface area contributed by atoms with Crippen LogP contribution in [0.2, 0.25) is 0 Å². The number of fused-ring (bicyclic) bond motifs is 2. The van der Waals surface area contributed by atoms with E-state index < -0.39 is 17.7 Å². The molecule has 3 aromatic carbocycles. The van der Waals surface area contributed by atoms with Crippen LogP contribution in [0.15, 0.2) is 82.0 Å². The normalized spacial score (nSPS) is 11.9. The van der Waals surface area contributed by atoms with Gasteiger partial charge in [-0.15, -0.1) is 5.10 Å². The van der Waals surface area contributed by atoms with E-state index >= 15 is 0 Å². The van der Waals surface area contributed by atoms with Crippen molar-refractivity contribution in [2.45, 2.75) is 32.9 Å². The second-order valence-corrected chi connectivity index (χ2v) is 9.44. The minimum atomic E-state index is -1.16. The Balaban J connectivity index is 1.25. The lowest BCUT2D eigenvalue weighted by molar-refractivity contribution is -0.142. The van der Waals surface area contributed by atoms with Gasteiger partial charge in [0.1, 0.15) is 23.5 Å². The minimum absolute atomic E-state index is 0.00291. The summed E-state index contributed by atoms with van der Waals surface area (Å²) in [6, 6.07) is 20.6. The molecule has 0 saturated heterocycles. The molecule has 2 heterocycles. The predicted molar refractivity (Wildman–Crippen MR) is 145 cm³/mol. The molecular formula is C30H25N3O7. The number of rotatable bonds is 11. The molecule has 1 atom stereocenters. The van der Waals surface area contributed by atoms with Crippen molar-refractivity contribution in [1.29, 1.82) is 0 Å². The number of carbonyl (C=O) groups excluding carboxylic acids is 2. The number of carboxylic acid groups (broad SMARTS) is 1. The second kappa shape index (κ2) is 11.3. The van der Waals surface area contributed by atoms with Crippen molar-refractivity contribution in [2.24, 2.45) is 5.92 Å². The summed E-state index contributed by atoms with van der Waals surface area (Å²) in [6.45, 7) is 1.75. The third-order valence-electron chi connectivity index (χ3n) is 6.60. The molecule has 0 bridgehead atoms. The molecule has 2 aromatic heterocycles. The van der Waals surface area contributed by atoms with E-state index in [0.29, 0.717) is 33.2 Å². The number of aliphatic carboxylic acids is 1. The highest BCUT2D eigenvalue weighted by Crippen LogP contribution is 2.27. The Morgan fingerprint density at radius 1 is 1.02 bits per heavy atom. The highest BCUT2D eigenvalue weighted by Gasteiger charge is 2.24. The number of hydrogen-bond acceptors (Lipinski definition) is 8. The summed E-state index contributed by atoms with van der Waals surface area (Å²) in [5, 5.41) is 18.6. The molecule has 1 unspecified atom stereocenters. The maximum atomic E-state index is 13.0. The highest BCUT2D eigenvalue weighted by atomic mass is 16.5. The van der Waals surface area contributed by atoms with E-state index in [-0.39, 0.29) is 43.1 Å². The molecule has 0 fully saturated rings. The van der Waals surface area contributed by atoms with Crippen LogP contribution in [0.4, 0.5) is 0 Å². The molecule has 10 heteroatoms. The number of furan rings is 1. The van der Waals surface area contributed by atoms with E-state index in [0.717, 1.165) is 10.2 Å². The minimum Gasteiger partial charge on any atom is -0.489 e. The van der Waals surface area contributed by atoms with Gasteiger partial charge in [0.2, 0.25) is 0 Å². The number of ether oxygens (including phenoxy) is 1. The van der Waals surface area contributed by atoms with Crippen molar-refractivity contribution in [3.8, 4) is 5.75 Å². The van der Waals surface area contributed by atoms with Crippen molar-refractivity contribution < 1.29 is 28.6 Å². The molecule has 0 aliphatic rings. The Bertz CT molecular complexity index is 1800. The van der Waals surface area contributed by atoms with Crippen LogP contribution in [0, 0.1) is 5.92 Å². The van der Waals surface area contributed by atoms with Gasteiger partial charge < -0.3 is 14.3 Å². The smallest absolute Gasteiger partial charge is 0.307 e. The second-order valence-electron chi connectivity index (χ2n) is 9.44. The van der Waals surface area contributed by atoms with Crippen LogP contribution in [0.3, 0.4) is 0 Å². The van der Waals surface area contributed by atoms with Gasteiger partial charge in [0.25, 0.3) is 5.56 Å². The molecule has 10 nitrogen and oxygen atoms in total. The predicted octanol–water partition coefficient (Wildman–Crippen LogP) is 4.68. The van der Waals surface area contributed by atoms with E-state index in [1.807, 2.05) is 6.07 Å². The van der Waals surface area contributed by atoms with Crippen molar-refractivity contribution >= 4 is 39.4 Å². The Morgan fingerprint density at radius 3 is 2.65 bits per heavy atom.